The molecular weight excluding hydrogens is 428 g/mol. The molecular formula is C20H14BrClN4O. The van der Waals surface area contributed by atoms with Crippen LogP contribution in [0.5, 0.6) is 0 Å². The topological polar surface area (TPSA) is 59.8 Å². The molecule has 134 valence electrons. The van der Waals surface area contributed by atoms with Crippen LogP contribution in [0.4, 0.5) is 5.69 Å². The lowest BCUT2D eigenvalue weighted by Crippen LogP contribution is -2.13. The Morgan fingerprint density at radius 3 is 2.48 bits per heavy atom. The number of fused-ring (bicyclic) bond motifs is 1. The molecule has 0 aliphatic rings. The molecule has 3 aromatic carbocycles. The number of nitrogens with zero attached hydrogens (tertiary/aromatic N) is 3. The van der Waals surface area contributed by atoms with Crippen molar-refractivity contribution in [3.63, 3.8) is 0 Å². The van der Waals surface area contributed by atoms with Gasteiger partial charge in [-0.25, -0.2) is 0 Å². The average molecular weight is 442 g/mol. The number of carbonyl (C=O) groups excluding carboxylic acids is 1. The Kier molecular flexibility index (Phi) is 4.68. The second-order valence-electron chi connectivity index (χ2n) is 6.06. The molecule has 1 N–H and O–H groups in total. The summed E-state index contributed by atoms with van der Waals surface area (Å²) in [6.45, 7) is 1.92. The molecule has 0 saturated heterocycles. The van der Waals surface area contributed by atoms with E-state index in [2.05, 4.69) is 31.4 Å². The van der Waals surface area contributed by atoms with E-state index >= 15 is 0 Å². The average Bonchev–Trinajstić information content (AvgIpc) is 3.07. The Morgan fingerprint density at radius 2 is 1.74 bits per heavy atom. The van der Waals surface area contributed by atoms with E-state index < -0.39 is 0 Å². The number of aromatic nitrogens is 3. The van der Waals surface area contributed by atoms with Gasteiger partial charge in [-0.1, -0.05) is 45.7 Å². The van der Waals surface area contributed by atoms with Crippen LogP contribution >= 0.6 is 27.5 Å². The van der Waals surface area contributed by atoms with Crippen molar-refractivity contribution in [3.05, 3.63) is 81.3 Å². The van der Waals surface area contributed by atoms with Crippen molar-refractivity contribution in [1.29, 1.82) is 0 Å². The van der Waals surface area contributed by atoms with Gasteiger partial charge in [-0.3, -0.25) is 4.79 Å². The number of halogens is 2. The molecule has 0 spiro atoms. The summed E-state index contributed by atoms with van der Waals surface area (Å²) in [7, 11) is 0. The minimum atomic E-state index is -0.279. The standard InChI is InChI=1S/C20H14BrClN4O/c1-12-9-18-19(25-26(24-18)14-5-3-2-4-6-14)11-17(12)23-20(27)15-10-13(21)7-8-16(15)22/h2-11H,1H3,(H,23,27). The Balaban J connectivity index is 1.69. The molecule has 0 bridgehead atoms. The first kappa shape index (κ1) is 17.7. The number of aryl methyl sites for hydroxylation is 1. The van der Waals surface area contributed by atoms with Crippen molar-refractivity contribution in [2.75, 3.05) is 5.32 Å². The summed E-state index contributed by atoms with van der Waals surface area (Å²) in [5, 5.41) is 12.3. The van der Waals surface area contributed by atoms with E-state index in [0.29, 0.717) is 21.8 Å². The third-order valence-electron chi connectivity index (χ3n) is 4.13. The van der Waals surface area contributed by atoms with Crippen LogP contribution in [0.1, 0.15) is 15.9 Å². The van der Waals surface area contributed by atoms with Gasteiger partial charge in [-0.05, 0) is 55.0 Å². The Hall–Kier alpha value is -2.70. The van der Waals surface area contributed by atoms with Gasteiger partial charge in [0.05, 0.1) is 16.3 Å². The van der Waals surface area contributed by atoms with Gasteiger partial charge in [0.2, 0.25) is 0 Å². The number of para-hydroxylation sites is 1. The highest BCUT2D eigenvalue weighted by atomic mass is 79.9. The van der Waals surface area contributed by atoms with E-state index in [1.807, 2.05) is 49.4 Å². The van der Waals surface area contributed by atoms with Crippen molar-refractivity contribution >= 4 is 50.2 Å². The molecule has 5 nitrogen and oxygen atoms in total. The second kappa shape index (κ2) is 7.13. The lowest BCUT2D eigenvalue weighted by molar-refractivity contribution is 0.102. The first-order chi connectivity index (χ1) is 13.0. The highest BCUT2D eigenvalue weighted by Crippen LogP contribution is 2.25. The van der Waals surface area contributed by atoms with Crippen LogP contribution in [-0.4, -0.2) is 20.9 Å². The molecule has 0 fully saturated rings. The lowest BCUT2D eigenvalue weighted by Gasteiger charge is -2.09. The molecule has 0 aliphatic heterocycles. The largest absolute Gasteiger partial charge is 0.322 e. The summed E-state index contributed by atoms with van der Waals surface area (Å²) in [5.41, 5.74) is 4.29. The number of anilines is 1. The Labute approximate surface area is 169 Å². The van der Waals surface area contributed by atoms with Gasteiger partial charge < -0.3 is 5.32 Å². The number of hydrogen-bond donors (Lipinski definition) is 1. The number of amides is 1. The maximum atomic E-state index is 12.6. The van der Waals surface area contributed by atoms with Gasteiger partial charge >= 0.3 is 0 Å². The number of nitrogens with one attached hydrogen (secondary N) is 1. The van der Waals surface area contributed by atoms with Gasteiger partial charge in [0.1, 0.15) is 11.0 Å². The summed E-state index contributed by atoms with van der Waals surface area (Å²) in [5.74, 6) is -0.279. The fraction of sp³-hybridized carbons (Fsp3) is 0.0500. The van der Waals surface area contributed by atoms with Crippen LogP contribution in [0.15, 0.2) is 65.1 Å². The predicted octanol–water partition coefficient (Wildman–Crippen LogP) is 5.40. The number of carbonyl (C=O) groups is 1. The molecule has 0 atom stereocenters. The zero-order chi connectivity index (χ0) is 19.0. The number of rotatable bonds is 3. The van der Waals surface area contributed by atoms with Crippen molar-refractivity contribution in [3.8, 4) is 5.69 Å². The quantitative estimate of drug-likeness (QED) is 0.463. The molecule has 1 heterocycles. The zero-order valence-corrected chi connectivity index (χ0v) is 16.6. The number of benzene rings is 3. The molecule has 0 radical (unpaired) electrons. The first-order valence-electron chi connectivity index (χ1n) is 8.21. The summed E-state index contributed by atoms with van der Waals surface area (Å²) in [4.78, 5) is 14.2. The normalized spacial score (nSPS) is 10.9. The molecule has 0 aliphatic carbocycles. The molecule has 1 aromatic heterocycles. The third kappa shape index (κ3) is 3.59. The fourth-order valence-corrected chi connectivity index (χ4v) is 3.30. The lowest BCUT2D eigenvalue weighted by atomic mass is 10.1. The van der Waals surface area contributed by atoms with Crippen molar-refractivity contribution in [2.45, 2.75) is 6.92 Å². The highest BCUT2D eigenvalue weighted by molar-refractivity contribution is 9.10. The Bertz CT molecular complexity index is 1160. The maximum absolute atomic E-state index is 12.6. The summed E-state index contributed by atoms with van der Waals surface area (Å²) >= 11 is 9.52. The van der Waals surface area contributed by atoms with E-state index in [9.17, 15) is 4.79 Å². The van der Waals surface area contributed by atoms with Crippen LogP contribution in [0, 0.1) is 6.92 Å². The summed E-state index contributed by atoms with van der Waals surface area (Å²) in [6.07, 6.45) is 0. The predicted molar refractivity (Wildman–Crippen MR) is 111 cm³/mol. The molecule has 1 amide bonds. The number of hydrogen-bond acceptors (Lipinski definition) is 3. The van der Waals surface area contributed by atoms with Crippen molar-refractivity contribution < 1.29 is 4.79 Å². The van der Waals surface area contributed by atoms with E-state index in [1.54, 1.807) is 23.0 Å². The van der Waals surface area contributed by atoms with Crippen molar-refractivity contribution in [1.82, 2.24) is 15.0 Å². The first-order valence-corrected chi connectivity index (χ1v) is 9.38. The van der Waals surface area contributed by atoms with E-state index in [-0.39, 0.29) is 5.91 Å². The molecule has 4 aromatic rings. The van der Waals surface area contributed by atoms with Crippen LogP contribution in [0.2, 0.25) is 5.02 Å². The minimum absolute atomic E-state index is 0.279. The van der Waals surface area contributed by atoms with Crippen LogP contribution in [-0.2, 0) is 0 Å². The zero-order valence-electron chi connectivity index (χ0n) is 14.3. The summed E-state index contributed by atoms with van der Waals surface area (Å²) in [6, 6.07) is 18.6. The molecule has 0 unspecified atom stereocenters. The van der Waals surface area contributed by atoms with Gasteiger partial charge in [-0.2, -0.15) is 4.80 Å². The molecule has 0 saturated carbocycles. The molecule has 4 rings (SSSR count). The van der Waals surface area contributed by atoms with Gasteiger partial charge in [0.25, 0.3) is 5.91 Å². The monoisotopic (exact) mass is 440 g/mol. The smallest absolute Gasteiger partial charge is 0.257 e. The van der Waals surface area contributed by atoms with Crippen LogP contribution in [0.3, 0.4) is 0 Å². The Morgan fingerprint density at radius 1 is 1.04 bits per heavy atom. The fourth-order valence-electron chi connectivity index (χ4n) is 2.74. The second-order valence-corrected chi connectivity index (χ2v) is 7.38. The van der Waals surface area contributed by atoms with Crippen molar-refractivity contribution in [2.24, 2.45) is 0 Å². The SMILES string of the molecule is Cc1cc2nn(-c3ccccc3)nc2cc1NC(=O)c1cc(Br)ccc1Cl. The third-order valence-corrected chi connectivity index (χ3v) is 4.96. The maximum Gasteiger partial charge on any atom is 0.257 e. The van der Waals surface area contributed by atoms with Gasteiger partial charge in [0, 0.05) is 10.2 Å². The van der Waals surface area contributed by atoms with E-state index in [0.717, 1.165) is 21.2 Å². The van der Waals surface area contributed by atoms with Crippen LogP contribution in [0.25, 0.3) is 16.7 Å². The molecule has 27 heavy (non-hydrogen) atoms. The van der Waals surface area contributed by atoms with Gasteiger partial charge in [-0.15, -0.1) is 10.2 Å². The molecule has 7 heteroatoms. The van der Waals surface area contributed by atoms with Crippen LogP contribution < -0.4 is 5.32 Å². The van der Waals surface area contributed by atoms with Gasteiger partial charge in [0.15, 0.2) is 0 Å². The summed E-state index contributed by atoms with van der Waals surface area (Å²) < 4.78 is 0.787. The van der Waals surface area contributed by atoms with E-state index in [1.165, 1.54) is 0 Å². The minimum Gasteiger partial charge on any atom is -0.322 e. The highest BCUT2D eigenvalue weighted by Gasteiger charge is 2.14. The van der Waals surface area contributed by atoms with E-state index in [4.69, 9.17) is 11.6 Å².